The van der Waals surface area contributed by atoms with E-state index in [0.29, 0.717) is 0 Å². The van der Waals surface area contributed by atoms with Crippen molar-refractivity contribution in [1.82, 2.24) is 4.90 Å². The van der Waals surface area contributed by atoms with Crippen LogP contribution in [0.4, 0.5) is 0 Å². The van der Waals surface area contributed by atoms with E-state index in [1.54, 1.807) is 0 Å². The minimum Gasteiger partial charge on any atom is -0.309 e. The van der Waals surface area contributed by atoms with Crippen LogP contribution in [0.15, 0.2) is 4.99 Å². The molecule has 0 aromatic carbocycles. The zero-order valence-corrected chi connectivity index (χ0v) is 9.22. The van der Waals surface area contributed by atoms with Crippen LogP contribution >= 0.6 is 0 Å². The summed E-state index contributed by atoms with van der Waals surface area (Å²) in [5.41, 5.74) is -0.103. The molecule has 0 amide bonds. The normalized spacial score (nSPS) is 11.5. The second kappa shape index (κ2) is 5.90. The van der Waals surface area contributed by atoms with Crippen molar-refractivity contribution in [3.63, 3.8) is 0 Å². The van der Waals surface area contributed by atoms with Crippen molar-refractivity contribution < 1.29 is 0 Å². The summed E-state index contributed by atoms with van der Waals surface area (Å²) in [5.74, 6) is 0. The molecule has 0 rings (SSSR count). The van der Waals surface area contributed by atoms with Crippen LogP contribution in [0.1, 0.15) is 33.1 Å². The van der Waals surface area contributed by atoms with Crippen LogP contribution in [-0.2, 0) is 0 Å². The molecule has 13 heavy (non-hydrogen) atoms. The first kappa shape index (κ1) is 12.3. The highest BCUT2D eigenvalue weighted by Crippen LogP contribution is 2.16. The van der Waals surface area contributed by atoms with Crippen molar-refractivity contribution in [2.75, 3.05) is 20.6 Å². The van der Waals surface area contributed by atoms with Crippen molar-refractivity contribution in [3.8, 4) is 0 Å². The van der Waals surface area contributed by atoms with Gasteiger partial charge in [-0.3, -0.25) is 0 Å². The minimum absolute atomic E-state index is 0.103. The number of nitrogens with zero attached hydrogens (tertiary/aromatic N) is 2. The van der Waals surface area contributed by atoms with Gasteiger partial charge in [0.2, 0.25) is 0 Å². The number of hydrogen-bond donors (Lipinski definition) is 1. The Kier molecular flexibility index (Phi) is 5.60. The summed E-state index contributed by atoms with van der Waals surface area (Å²) < 4.78 is 0. The second-order valence-corrected chi connectivity index (χ2v) is 4.30. The van der Waals surface area contributed by atoms with Crippen LogP contribution in [0.3, 0.4) is 0 Å². The summed E-state index contributed by atoms with van der Waals surface area (Å²) in [4.78, 5) is 6.16. The third kappa shape index (κ3) is 7.69. The molecule has 0 radical (unpaired) electrons. The van der Waals surface area contributed by atoms with E-state index in [9.17, 15) is 0 Å². The van der Waals surface area contributed by atoms with E-state index in [-0.39, 0.29) is 5.54 Å². The molecule has 0 heterocycles. The molecule has 0 saturated carbocycles. The molecule has 3 heteroatoms. The zero-order chi connectivity index (χ0) is 10.3. The van der Waals surface area contributed by atoms with Gasteiger partial charge in [0.1, 0.15) is 0 Å². The summed E-state index contributed by atoms with van der Waals surface area (Å²) in [7, 11) is 4.17. The molecule has 0 atom stereocenters. The molecule has 0 aliphatic heterocycles. The Morgan fingerprint density at radius 3 is 2.38 bits per heavy atom. The fourth-order valence-electron chi connectivity index (χ4n) is 1.19. The largest absolute Gasteiger partial charge is 0.309 e. The van der Waals surface area contributed by atoms with E-state index in [2.05, 4.69) is 30.0 Å². The molecular weight excluding hydrogens is 162 g/mol. The predicted molar refractivity (Wildman–Crippen MR) is 56.6 cm³/mol. The Hall–Kier alpha value is -0.660. The number of unbranched alkanes of at least 4 members (excludes halogenated alkanes) is 1. The second-order valence-electron chi connectivity index (χ2n) is 4.30. The quantitative estimate of drug-likeness (QED) is 0.498. The number of rotatable bonds is 6. The van der Waals surface area contributed by atoms with Crippen LogP contribution in [0, 0.1) is 5.41 Å². The molecule has 0 aromatic heterocycles. The van der Waals surface area contributed by atoms with Crippen molar-refractivity contribution >= 4 is 6.01 Å². The summed E-state index contributed by atoms with van der Waals surface area (Å²) in [6, 6.07) is 2.12. The van der Waals surface area contributed by atoms with Gasteiger partial charge in [0.05, 0.1) is 11.5 Å². The first-order chi connectivity index (χ1) is 5.98. The molecule has 0 aromatic rings. The van der Waals surface area contributed by atoms with Crippen molar-refractivity contribution in [2.24, 2.45) is 4.99 Å². The Bertz CT molecular complexity index is 179. The smallest absolute Gasteiger partial charge is 0.0867 e. The molecule has 0 aliphatic rings. The van der Waals surface area contributed by atoms with Crippen LogP contribution < -0.4 is 0 Å². The predicted octanol–water partition coefficient (Wildman–Crippen LogP) is 2.25. The molecule has 0 saturated heterocycles. The lowest BCUT2D eigenvalue weighted by atomic mass is 9.98. The first-order valence-corrected chi connectivity index (χ1v) is 4.76. The Morgan fingerprint density at radius 1 is 1.31 bits per heavy atom. The van der Waals surface area contributed by atoms with Gasteiger partial charge < -0.3 is 4.90 Å². The van der Waals surface area contributed by atoms with Crippen LogP contribution in [0.5, 0.6) is 0 Å². The van der Waals surface area contributed by atoms with E-state index >= 15 is 0 Å². The first-order valence-electron chi connectivity index (χ1n) is 4.76. The number of hydrogen-bond acceptors (Lipinski definition) is 3. The molecule has 76 valence electrons. The van der Waals surface area contributed by atoms with E-state index in [0.717, 1.165) is 19.4 Å². The summed E-state index contributed by atoms with van der Waals surface area (Å²) in [5, 5.41) is 6.78. The lowest BCUT2D eigenvalue weighted by Crippen LogP contribution is -2.18. The van der Waals surface area contributed by atoms with Gasteiger partial charge in [-0.1, -0.05) is 0 Å². The average Bonchev–Trinajstić information content (AvgIpc) is 1.98. The van der Waals surface area contributed by atoms with E-state index in [4.69, 9.17) is 5.41 Å². The van der Waals surface area contributed by atoms with Gasteiger partial charge in [0.25, 0.3) is 0 Å². The van der Waals surface area contributed by atoms with Gasteiger partial charge in [0.15, 0.2) is 0 Å². The van der Waals surface area contributed by atoms with E-state index in [1.807, 2.05) is 13.8 Å². The zero-order valence-electron chi connectivity index (χ0n) is 9.22. The number of aliphatic imine (C=N–C) groups is 1. The fraction of sp³-hybridized carbons (Fsp3) is 0.900. The van der Waals surface area contributed by atoms with Gasteiger partial charge in [0, 0.05) is 0 Å². The maximum absolute atomic E-state index is 6.78. The van der Waals surface area contributed by atoms with Gasteiger partial charge in [-0.05, 0) is 53.8 Å². The molecule has 0 bridgehead atoms. The SMILES string of the molecule is CN(C)CCCCC(C)(C)N=C=N. The molecule has 1 N–H and O–H groups in total. The standard InChI is InChI=1S/C10H21N3/c1-10(2,12-9-11)7-5-6-8-13(3)4/h11H,5-8H2,1-4H3. The average molecular weight is 183 g/mol. The van der Waals surface area contributed by atoms with Gasteiger partial charge in [-0.15, -0.1) is 0 Å². The van der Waals surface area contributed by atoms with Gasteiger partial charge >= 0.3 is 0 Å². The Labute approximate surface area is 81.4 Å². The van der Waals surface area contributed by atoms with E-state index in [1.165, 1.54) is 6.42 Å². The molecule has 0 spiro atoms. The molecule has 3 nitrogen and oxygen atoms in total. The highest BCUT2D eigenvalue weighted by atomic mass is 15.0. The molecular formula is C10H21N3. The van der Waals surface area contributed by atoms with Crippen molar-refractivity contribution in [1.29, 1.82) is 5.41 Å². The monoisotopic (exact) mass is 183 g/mol. The third-order valence-corrected chi connectivity index (χ3v) is 2.00. The maximum Gasteiger partial charge on any atom is 0.0867 e. The topological polar surface area (TPSA) is 39.5 Å². The van der Waals surface area contributed by atoms with Crippen LogP contribution in [0.25, 0.3) is 0 Å². The van der Waals surface area contributed by atoms with Crippen molar-refractivity contribution in [3.05, 3.63) is 0 Å². The van der Waals surface area contributed by atoms with Gasteiger partial charge in [-0.2, -0.15) is 0 Å². The lowest BCUT2D eigenvalue weighted by Gasteiger charge is -2.17. The summed E-state index contributed by atoms with van der Waals surface area (Å²) in [6.07, 6.45) is 3.40. The third-order valence-electron chi connectivity index (χ3n) is 2.00. The highest BCUT2D eigenvalue weighted by Gasteiger charge is 2.14. The fourth-order valence-corrected chi connectivity index (χ4v) is 1.19. The molecule has 0 aliphatic carbocycles. The van der Waals surface area contributed by atoms with Gasteiger partial charge in [-0.25, -0.2) is 10.4 Å². The Morgan fingerprint density at radius 2 is 1.92 bits per heavy atom. The van der Waals surface area contributed by atoms with Crippen molar-refractivity contribution in [2.45, 2.75) is 38.6 Å². The molecule has 0 fully saturated rings. The highest BCUT2D eigenvalue weighted by molar-refractivity contribution is 5.37. The lowest BCUT2D eigenvalue weighted by molar-refractivity contribution is 0.372. The number of nitrogens with one attached hydrogen (secondary N) is 1. The maximum atomic E-state index is 6.78. The Balaban J connectivity index is 3.57. The molecule has 0 unspecified atom stereocenters. The van der Waals surface area contributed by atoms with Crippen LogP contribution in [0.2, 0.25) is 0 Å². The minimum atomic E-state index is -0.103. The summed E-state index contributed by atoms with van der Waals surface area (Å²) >= 11 is 0. The summed E-state index contributed by atoms with van der Waals surface area (Å²) in [6.45, 7) is 5.22. The van der Waals surface area contributed by atoms with Crippen LogP contribution in [-0.4, -0.2) is 37.1 Å². The van der Waals surface area contributed by atoms with E-state index < -0.39 is 0 Å².